The highest BCUT2D eigenvalue weighted by Gasteiger charge is 2.25. The Bertz CT molecular complexity index is 370. The third-order valence-corrected chi connectivity index (χ3v) is 3.49. The molecule has 2 atom stereocenters. The molecule has 1 aromatic carbocycles. The summed E-state index contributed by atoms with van der Waals surface area (Å²) in [6.45, 7) is 0. The van der Waals surface area contributed by atoms with Gasteiger partial charge in [0.1, 0.15) is 17.7 Å². The maximum Gasteiger partial charge on any atom is 0.136 e. The molecule has 1 fully saturated rings. The number of aliphatic hydroxyl groups excluding tert-OH is 1. The summed E-state index contributed by atoms with van der Waals surface area (Å²) in [6, 6.07) is 4.32. The first kappa shape index (κ1) is 11.9. The van der Waals surface area contributed by atoms with E-state index in [0.717, 1.165) is 25.7 Å². The summed E-state index contributed by atoms with van der Waals surface area (Å²) >= 11 is 3.30. The molecule has 0 saturated heterocycles. The fraction of sp³-hybridized carbons (Fsp3) is 0.500. The minimum absolute atomic E-state index is 0.216. The number of benzene rings is 1. The van der Waals surface area contributed by atoms with Gasteiger partial charge in [0.2, 0.25) is 0 Å². The van der Waals surface area contributed by atoms with Crippen molar-refractivity contribution in [2.24, 2.45) is 0 Å². The normalized spacial score (nSPS) is 25.4. The molecule has 0 aromatic heterocycles. The second kappa shape index (κ2) is 5.15. The van der Waals surface area contributed by atoms with Crippen molar-refractivity contribution in [2.75, 3.05) is 0 Å². The summed E-state index contributed by atoms with van der Waals surface area (Å²) < 4.78 is 19.4. The van der Waals surface area contributed by atoms with Crippen LogP contribution in [-0.4, -0.2) is 17.3 Å². The van der Waals surface area contributed by atoms with E-state index >= 15 is 0 Å². The van der Waals surface area contributed by atoms with Gasteiger partial charge in [-0.2, -0.15) is 0 Å². The molecule has 0 amide bonds. The lowest BCUT2D eigenvalue weighted by Gasteiger charge is -2.28. The second-order valence-electron chi connectivity index (χ2n) is 4.08. The largest absolute Gasteiger partial charge is 0.486 e. The van der Waals surface area contributed by atoms with Crippen molar-refractivity contribution < 1.29 is 14.2 Å². The van der Waals surface area contributed by atoms with Crippen molar-refractivity contribution in [1.29, 1.82) is 0 Å². The van der Waals surface area contributed by atoms with Crippen molar-refractivity contribution in [2.45, 2.75) is 37.9 Å². The maximum absolute atomic E-state index is 13.0. The molecule has 0 bridgehead atoms. The minimum atomic E-state index is -0.441. The van der Waals surface area contributed by atoms with Crippen molar-refractivity contribution in [1.82, 2.24) is 0 Å². The standard InChI is InChI=1S/C12H14BrFO2/c13-9-6-5-8(14)7-12(9)16-11-4-2-1-3-10(11)15/h5-7,10-11,15H,1-4H2/t10-,11-/m0/s1. The second-order valence-corrected chi connectivity index (χ2v) is 4.94. The van der Waals surface area contributed by atoms with Gasteiger partial charge in [0.15, 0.2) is 0 Å². The van der Waals surface area contributed by atoms with Gasteiger partial charge in [-0.25, -0.2) is 4.39 Å². The highest BCUT2D eigenvalue weighted by molar-refractivity contribution is 9.10. The molecule has 1 aromatic rings. The first-order valence-electron chi connectivity index (χ1n) is 5.46. The van der Waals surface area contributed by atoms with Crippen LogP contribution in [-0.2, 0) is 0 Å². The zero-order valence-corrected chi connectivity index (χ0v) is 10.4. The Labute approximate surface area is 103 Å². The lowest BCUT2D eigenvalue weighted by molar-refractivity contribution is 0.00634. The van der Waals surface area contributed by atoms with Gasteiger partial charge in [0, 0.05) is 6.07 Å². The molecule has 2 nitrogen and oxygen atoms in total. The molecule has 88 valence electrons. The monoisotopic (exact) mass is 288 g/mol. The van der Waals surface area contributed by atoms with Crippen LogP contribution in [0.3, 0.4) is 0 Å². The van der Waals surface area contributed by atoms with E-state index in [-0.39, 0.29) is 11.9 Å². The Morgan fingerprint density at radius 1 is 1.31 bits per heavy atom. The van der Waals surface area contributed by atoms with E-state index in [1.54, 1.807) is 6.07 Å². The first-order chi connectivity index (χ1) is 7.66. The minimum Gasteiger partial charge on any atom is -0.486 e. The Hall–Kier alpha value is -0.610. The zero-order chi connectivity index (χ0) is 11.5. The Kier molecular flexibility index (Phi) is 3.82. The van der Waals surface area contributed by atoms with Gasteiger partial charge in [-0.15, -0.1) is 0 Å². The van der Waals surface area contributed by atoms with Crippen LogP contribution >= 0.6 is 15.9 Å². The summed E-state index contributed by atoms with van der Waals surface area (Å²) in [5.74, 6) is 0.134. The van der Waals surface area contributed by atoms with Gasteiger partial charge in [-0.3, -0.25) is 0 Å². The molecule has 1 aliphatic carbocycles. The van der Waals surface area contributed by atoms with Crippen LogP contribution in [0.5, 0.6) is 5.75 Å². The SMILES string of the molecule is O[C@H]1CCCC[C@@H]1Oc1cc(F)ccc1Br. The fourth-order valence-corrected chi connectivity index (χ4v) is 2.29. The number of aliphatic hydroxyl groups is 1. The van der Waals surface area contributed by atoms with Gasteiger partial charge in [-0.1, -0.05) is 6.42 Å². The average Bonchev–Trinajstić information content (AvgIpc) is 2.27. The first-order valence-corrected chi connectivity index (χ1v) is 6.26. The van der Waals surface area contributed by atoms with Gasteiger partial charge in [0.05, 0.1) is 10.6 Å². The van der Waals surface area contributed by atoms with Crippen LogP contribution in [0.2, 0.25) is 0 Å². The predicted octanol–water partition coefficient (Wildman–Crippen LogP) is 3.27. The molecule has 1 aliphatic rings. The van der Waals surface area contributed by atoms with Crippen LogP contribution in [0.4, 0.5) is 4.39 Å². The van der Waals surface area contributed by atoms with E-state index in [4.69, 9.17) is 4.74 Å². The summed E-state index contributed by atoms with van der Waals surface area (Å²) in [4.78, 5) is 0. The smallest absolute Gasteiger partial charge is 0.136 e. The lowest BCUT2D eigenvalue weighted by Crippen LogP contribution is -2.34. The third kappa shape index (κ3) is 2.74. The molecule has 4 heteroatoms. The molecule has 2 rings (SSSR count). The lowest BCUT2D eigenvalue weighted by atomic mass is 9.95. The quantitative estimate of drug-likeness (QED) is 0.905. The van der Waals surface area contributed by atoms with E-state index in [9.17, 15) is 9.50 Å². The van der Waals surface area contributed by atoms with Crippen molar-refractivity contribution in [3.05, 3.63) is 28.5 Å². The molecule has 0 radical (unpaired) electrons. The molecule has 0 heterocycles. The highest BCUT2D eigenvalue weighted by atomic mass is 79.9. The topological polar surface area (TPSA) is 29.5 Å². The molecule has 1 N–H and O–H groups in total. The van der Waals surface area contributed by atoms with Crippen LogP contribution in [0.15, 0.2) is 22.7 Å². The predicted molar refractivity (Wildman–Crippen MR) is 63.0 cm³/mol. The number of hydrogen-bond donors (Lipinski definition) is 1. The van der Waals surface area contributed by atoms with Gasteiger partial charge >= 0.3 is 0 Å². The summed E-state index contributed by atoms with van der Waals surface area (Å²) in [7, 11) is 0. The van der Waals surface area contributed by atoms with Crippen molar-refractivity contribution >= 4 is 15.9 Å². The molecule has 1 saturated carbocycles. The Morgan fingerprint density at radius 3 is 2.81 bits per heavy atom. The summed E-state index contributed by atoms with van der Waals surface area (Å²) in [5.41, 5.74) is 0. The third-order valence-electron chi connectivity index (χ3n) is 2.84. The van der Waals surface area contributed by atoms with Crippen LogP contribution < -0.4 is 4.74 Å². The average molecular weight is 289 g/mol. The van der Waals surface area contributed by atoms with E-state index in [0.29, 0.717) is 10.2 Å². The summed E-state index contributed by atoms with van der Waals surface area (Å²) in [6.07, 6.45) is 3.01. The van der Waals surface area contributed by atoms with Gasteiger partial charge in [-0.05, 0) is 47.3 Å². The number of rotatable bonds is 2. The van der Waals surface area contributed by atoms with Crippen LogP contribution in [0, 0.1) is 5.82 Å². The molecular weight excluding hydrogens is 275 g/mol. The van der Waals surface area contributed by atoms with Crippen molar-refractivity contribution in [3.8, 4) is 5.75 Å². The van der Waals surface area contributed by atoms with Crippen molar-refractivity contribution in [3.63, 3.8) is 0 Å². The van der Waals surface area contributed by atoms with Crippen LogP contribution in [0.25, 0.3) is 0 Å². The van der Waals surface area contributed by atoms with E-state index in [1.165, 1.54) is 12.1 Å². The Morgan fingerprint density at radius 2 is 2.06 bits per heavy atom. The van der Waals surface area contributed by atoms with E-state index < -0.39 is 6.10 Å². The molecule has 16 heavy (non-hydrogen) atoms. The highest BCUT2D eigenvalue weighted by Crippen LogP contribution is 2.30. The molecule has 0 aliphatic heterocycles. The molecule has 0 unspecified atom stereocenters. The molecule has 0 spiro atoms. The molecular formula is C12H14BrFO2. The Balaban J connectivity index is 2.10. The van der Waals surface area contributed by atoms with Gasteiger partial charge in [0.25, 0.3) is 0 Å². The van der Waals surface area contributed by atoms with E-state index in [2.05, 4.69) is 15.9 Å². The van der Waals surface area contributed by atoms with Crippen LogP contribution in [0.1, 0.15) is 25.7 Å². The van der Waals surface area contributed by atoms with Gasteiger partial charge < -0.3 is 9.84 Å². The maximum atomic E-state index is 13.0. The number of ether oxygens (including phenoxy) is 1. The number of hydrogen-bond acceptors (Lipinski definition) is 2. The fourth-order valence-electron chi connectivity index (χ4n) is 1.95. The number of halogens is 2. The van der Waals surface area contributed by atoms with E-state index in [1.807, 2.05) is 0 Å². The zero-order valence-electron chi connectivity index (χ0n) is 8.83. The summed E-state index contributed by atoms with van der Waals surface area (Å²) in [5, 5.41) is 9.76.